The lowest BCUT2D eigenvalue weighted by Crippen LogP contribution is -2.59. The molecule has 0 aromatic heterocycles. The number of aliphatic hydroxyl groups is 1. The number of benzene rings is 2. The summed E-state index contributed by atoms with van der Waals surface area (Å²) in [6, 6.07) is 14.1. The van der Waals surface area contributed by atoms with Gasteiger partial charge in [0.25, 0.3) is 0 Å². The molecule has 2 saturated heterocycles. The van der Waals surface area contributed by atoms with E-state index in [2.05, 4.69) is 11.0 Å². The zero-order valence-electron chi connectivity index (χ0n) is 19.2. The van der Waals surface area contributed by atoms with Crippen LogP contribution in [-0.2, 0) is 27.3 Å². The molecule has 2 aromatic carbocycles. The topological polar surface area (TPSA) is 60.4 Å². The molecule has 3 aliphatic rings. The fraction of sp³-hybridized carbons (Fsp3) is 0.538. The highest BCUT2D eigenvalue weighted by Crippen LogP contribution is 2.53. The first-order chi connectivity index (χ1) is 15.5. The maximum atomic E-state index is 11.2. The Bertz CT molecular complexity index is 948. The van der Waals surface area contributed by atoms with Crippen molar-refractivity contribution in [3.8, 4) is 11.5 Å². The SMILES string of the molecule is COc1cc2c(cc1OC)C1(OC(C)O1)C(CN1CCC(O)(c3ccccc3)CC1)CC2. The van der Waals surface area contributed by atoms with E-state index >= 15 is 0 Å². The molecule has 2 heterocycles. The highest BCUT2D eigenvalue weighted by atomic mass is 16.9. The molecular weight excluding hydrogens is 406 g/mol. The Kier molecular flexibility index (Phi) is 5.66. The van der Waals surface area contributed by atoms with E-state index in [1.165, 1.54) is 5.56 Å². The van der Waals surface area contributed by atoms with Crippen molar-refractivity contribution in [2.75, 3.05) is 33.9 Å². The molecule has 6 heteroatoms. The second kappa shape index (κ2) is 8.34. The van der Waals surface area contributed by atoms with Crippen molar-refractivity contribution >= 4 is 0 Å². The maximum Gasteiger partial charge on any atom is 0.204 e. The Morgan fingerprint density at radius 2 is 1.69 bits per heavy atom. The summed E-state index contributed by atoms with van der Waals surface area (Å²) in [5.74, 6) is 0.916. The van der Waals surface area contributed by atoms with Gasteiger partial charge in [0.2, 0.25) is 5.79 Å². The molecule has 6 nitrogen and oxygen atoms in total. The minimum absolute atomic E-state index is 0.215. The Labute approximate surface area is 190 Å². The second-order valence-corrected chi connectivity index (χ2v) is 9.27. The van der Waals surface area contributed by atoms with E-state index in [0.717, 1.165) is 62.2 Å². The molecule has 172 valence electrons. The molecule has 0 radical (unpaired) electrons. The molecule has 2 aromatic rings. The lowest BCUT2D eigenvalue weighted by molar-refractivity contribution is -0.477. The number of piperidine rings is 1. The summed E-state index contributed by atoms with van der Waals surface area (Å²) in [5.41, 5.74) is 2.53. The van der Waals surface area contributed by atoms with E-state index in [4.69, 9.17) is 18.9 Å². The highest BCUT2D eigenvalue weighted by molar-refractivity contribution is 5.50. The van der Waals surface area contributed by atoms with E-state index < -0.39 is 11.4 Å². The summed E-state index contributed by atoms with van der Waals surface area (Å²) < 4.78 is 23.7. The molecule has 2 aliphatic heterocycles. The Morgan fingerprint density at radius 1 is 1.03 bits per heavy atom. The summed E-state index contributed by atoms with van der Waals surface area (Å²) in [5, 5.41) is 11.2. The van der Waals surface area contributed by atoms with E-state index in [0.29, 0.717) is 5.75 Å². The molecule has 0 amide bonds. The van der Waals surface area contributed by atoms with Crippen molar-refractivity contribution < 1.29 is 24.1 Å². The van der Waals surface area contributed by atoms with Gasteiger partial charge in [0.15, 0.2) is 17.8 Å². The smallest absolute Gasteiger partial charge is 0.204 e. The summed E-state index contributed by atoms with van der Waals surface area (Å²) in [4.78, 5) is 2.45. The third-order valence-electron chi connectivity index (χ3n) is 7.44. The fourth-order valence-corrected chi connectivity index (χ4v) is 5.68. The van der Waals surface area contributed by atoms with E-state index in [1.54, 1.807) is 14.2 Å². The largest absolute Gasteiger partial charge is 0.493 e. The second-order valence-electron chi connectivity index (χ2n) is 9.27. The van der Waals surface area contributed by atoms with Crippen LogP contribution in [0.25, 0.3) is 0 Å². The van der Waals surface area contributed by atoms with E-state index in [9.17, 15) is 5.11 Å². The predicted molar refractivity (Wildman–Crippen MR) is 121 cm³/mol. The van der Waals surface area contributed by atoms with Crippen molar-refractivity contribution in [2.24, 2.45) is 5.92 Å². The average Bonchev–Trinajstić information content (AvgIpc) is 2.81. The number of methoxy groups -OCH3 is 2. The van der Waals surface area contributed by atoms with E-state index in [1.807, 2.05) is 43.3 Å². The van der Waals surface area contributed by atoms with Crippen LogP contribution in [0.2, 0.25) is 0 Å². The number of hydrogen-bond donors (Lipinski definition) is 1. The Balaban J connectivity index is 1.34. The molecule has 1 spiro atoms. The van der Waals surface area contributed by atoms with Crippen LogP contribution >= 0.6 is 0 Å². The van der Waals surface area contributed by atoms with Crippen LogP contribution in [-0.4, -0.2) is 50.2 Å². The molecule has 1 aliphatic carbocycles. The highest BCUT2D eigenvalue weighted by Gasteiger charge is 2.56. The van der Waals surface area contributed by atoms with Crippen LogP contribution in [0.5, 0.6) is 11.5 Å². The van der Waals surface area contributed by atoms with Crippen LogP contribution in [0.1, 0.15) is 42.9 Å². The number of nitrogens with zero attached hydrogens (tertiary/aromatic N) is 1. The molecule has 5 rings (SSSR count). The van der Waals surface area contributed by atoms with Gasteiger partial charge in [-0.15, -0.1) is 0 Å². The summed E-state index contributed by atoms with van der Waals surface area (Å²) in [7, 11) is 3.32. The van der Waals surface area contributed by atoms with Crippen molar-refractivity contribution in [1.29, 1.82) is 0 Å². The first-order valence-corrected chi connectivity index (χ1v) is 11.6. The Hall–Kier alpha value is -2.12. The summed E-state index contributed by atoms with van der Waals surface area (Å²) in [6.45, 7) is 4.53. The van der Waals surface area contributed by atoms with Crippen molar-refractivity contribution in [3.63, 3.8) is 0 Å². The maximum absolute atomic E-state index is 11.2. The van der Waals surface area contributed by atoms with Gasteiger partial charge in [-0.05, 0) is 55.9 Å². The molecule has 1 atom stereocenters. The van der Waals surface area contributed by atoms with Crippen molar-refractivity contribution in [1.82, 2.24) is 4.90 Å². The molecule has 0 saturated carbocycles. The molecule has 1 N–H and O–H groups in total. The first-order valence-electron chi connectivity index (χ1n) is 11.6. The van der Waals surface area contributed by atoms with Gasteiger partial charge in [-0.3, -0.25) is 0 Å². The normalized spacial score (nSPS) is 29.2. The minimum Gasteiger partial charge on any atom is -0.493 e. The summed E-state index contributed by atoms with van der Waals surface area (Å²) >= 11 is 0. The first kappa shape index (κ1) is 21.7. The third-order valence-corrected chi connectivity index (χ3v) is 7.44. The lowest BCUT2D eigenvalue weighted by atomic mass is 9.76. The van der Waals surface area contributed by atoms with Crippen LogP contribution in [0.3, 0.4) is 0 Å². The monoisotopic (exact) mass is 439 g/mol. The Morgan fingerprint density at radius 3 is 2.31 bits per heavy atom. The van der Waals surface area contributed by atoms with Gasteiger partial charge in [0, 0.05) is 31.1 Å². The van der Waals surface area contributed by atoms with Crippen LogP contribution < -0.4 is 9.47 Å². The van der Waals surface area contributed by atoms with Gasteiger partial charge in [0.1, 0.15) is 0 Å². The average molecular weight is 440 g/mol. The van der Waals surface area contributed by atoms with Gasteiger partial charge in [-0.25, -0.2) is 0 Å². The number of fused-ring (bicyclic) bond motifs is 2. The van der Waals surface area contributed by atoms with E-state index in [-0.39, 0.29) is 12.2 Å². The van der Waals surface area contributed by atoms with Crippen molar-refractivity contribution in [3.05, 3.63) is 59.2 Å². The number of rotatable bonds is 5. The fourth-order valence-electron chi connectivity index (χ4n) is 5.68. The minimum atomic E-state index is -0.740. The molecule has 2 fully saturated rings. The number of likely N-dealkylation sites (tertiary alicyclic amines) is 1. The lowest BCUT2D eigenvalue weighted by Gasteiger charge is -2.54. The molecule has 1 unspecified atom stereocenters. The van der Waals surface area contributed by atoms with Gasteiger partial charge >= 0.3 is 0 Å². The quantitative estimate of drug-likeness (QED) is 0.765. The van der Waals surface area contributed by atoms with Crippen molar-refractivity contribution in [2.45, 2.75) is 50.3 Å². The standard InChI is InChI=1S/C26H33NO5/c1-18-31-26(32-18)21(10-9-19-15-23(29-2)24(30-3)16-22(19)26)17-27-13-11-25(28,12-14-27)20-7-5-4-6-8-20/h4-8,15-16,18,21,28H,9-14,17H2,1-3H3. The van der Waals surface area contributed by atoms with Gasteiger partial charge < -0.3 is 29.0 Å². The zero-order valence-corrected chi connectivity index (χ0v) is 19.2. The molecular formula is C26H33NO5. The third kappa shape index (κ3) is 3.59. The number of ether oxygens (including phenoxy) is 4. The zero-order chi connectivity index (χ0) is 22.3. The van der Waals surface area contributed by atoms with Gasteiger partial charge in [-0.2, -0.15) is 0 Å². The molecule has 0 bridgehead atoms. The van der Waals surface area contributed by atoms with Gasteiger partial charge in [0.05, 0.1) is 19.8 Å². The van der Waals surface area contributed by atoms with Crippen LogP contribution in [0, 0.1) is 5.92 Å². The molecule has 32 heavy (non-hydrogen) atoms. The number of hydrogen-bond acceptors (Lipinski definition) is 6. The van der Waals surface area contributed by atoms with Crippen LogP contribution in [0.15, 0.2) is 42.5 Å². The van der Waals surface area contributed by atoms with Gasteiger partial charge in [-0.1, -0.05) is 30.3 Å². The predicted octanol–water partition coefficient (Wildman–Crippen LogP) is 3.80. The number of aryl methyl sites for hydroxylation is 1. The summed E-state index contributed by atoms with van der Waals surface area (Å²) in [6.07, 6.45) is 3.17. The van der Waals surface area contributed by atoms with Crippen LogP contribution in [0.4, 0.5) is 0 Å².